The van der Waals surface area contributed by atoms with Crippen molar-refractivity contribution in [3.8, 4) is 11.5 Å². The largest absolute Gasteiger partial charge is 0.508 e. The number of aryl methyl sites for hydroxylation is 1. The third-order valence-electron chi connectivity index (χ3n) is 4.39. The molecule has 1 aliphatic heterocycles. The van der Waals surface area contributed by atoms with Crippen LogP contribution in [0.4, 0.5) is 0 Å². The number of hydrogen-bond donors (Lipinski definition) is 6. The summed E-state index contributed by atoms with van der Waals surface area (Å²) >= 11 is 0. The molecular formula is C18H26O8. The van der Waals surface area contributed by atoms with Gasteiger partial charge in [-0.15, -0.1) is 0 Å². The van der Waals surface area contributed by atoms with Gasteiger partial charge in [0.2, 0.25) is 6.29 Å². The maximum atomic E-state index is 10.1. The topological polar surface area (TPSA) is 140 Å². The standard InChI is InChI=1S/C18H26O8/c1-9(7-19)3-4-11-6-12(21)10(2)5-13(11)25-18-17(24)16(23)15(22)14(8-20)26-18/h3,5-6,14-24H,4,7-8H2,1-2H3/b9-3-/t14-,15-,16+,17-,18-/m1/s1. The first-order valence-electron chi connectivity index (χ1n) is 8.34. The van der Waals surface area contributed by atoms with Gasteiger partial charge in [-0.05, 0) is 38.0 Å². The number of rotatable bonds is 6. The first-order valence-corrected chi connectivity index (χ1v) is 8.34. The normalized spacial score (nSPS) is 29.7. The summed E-state index contributed by atoms with van der Waals surface area (Å²) in [7, 11) is 0. The number of aliphatic hydroxyl groups is 5. The van der Waals surface area contributed by atoms with Crippen molar-refractivity contribution in [3.05, 3.63) is 34.9 Å². The molecule has 0 spiro atoms. The minimum absolute atomic E-state index is 0.0659. The molecule has 0 unspecified atom stereocenters. The summed E-state index contributed by atoms with van der Waals surface area (Å²) in [6, 6.07) is 3.07. The Labute approximate surface area is 151 Å². The molecule has 0 aromatic heterocycles. The zero-order valence-corrected chi connectivity index (χ0v) is 14.7. The van der Waals surface area contributed by atoms with Crippen molar-refractivity contribution in [2.75, 3.05) is 13.2 Å². The van der Waals surface area contributed by atoms with Crippen LogP contribution in [0.5, 0.6) is 11.5 Å². The molecule has 1 aromatic rings. The number of ether oxygens (including phenoxy) is 2. The van der Waals surface area contributed by atoms with Crippen LogP contribution < -0.4 is 4.74 Å². The number of aliphatic hydroxyl groups excluding tert-OH is 5. The Morgan fingerprint density at radius 1 is 1.15 bits per heavy atom. The van der Waals surface area contributed by atoms with E-state index in [-0.39, 0.29) is 12.4 Å². The summed E-state index contributed by atoms with van der Waals surface area (Å²) in [5, 5.41) is 58.1. The maximum Gasteiger partial charge on any atom is 0.229 e. The van der Waals surface area contributed by atoms with Gasteiger partial charge in [-0.2, -0.15) is 0 Å². The minimum atomic E-state index is -1.54. The van der Waals surface area contributed by atoms with Crippen LogP contribution in [-0.2, 0) is 11.2 Å². The van der Waals surface area contributed by atoms with E-state index in [1.54, 1.807) is 26.0 Å². The Morgan fingerprint density at radius 2 is 1.85 bits per heavy atom. The minimum Gasteiger partial charge on any atom is -0.508 e. The van der Waals surface area contributed by atoms with Crippen LogP contribution >= 0.6 is 0 Å². The Balaban J connectivity index is 2.28. The predicted molar refractivity (Wildman–Crippen MR) is 91.8 cm³/mol. The highest BCUT2D eigenvalue weighted by Gasteiger charge is 2.44. The van der Waals surface area contributed by atoms with E-state index in [1.807, 2.05) is 0 Å². The van der Waals surface area contributed by atoms with E-state index in [0.717, 1.165) is 5.57 Å². The van der Waals surface area contributed by atoms with Crippen LogP contribution in [0.15, 0.2) is 23.8 Å². The number of phenolic OH excluding ortho intramolecular Hbond substituents is 1. The van der Waals surface area contributed by atoms with Crippen molar-refractivity contribution < 1.29 is 40.1 Å². The predicted octanol–water partition coefficient (Wildman–Crippen LogP) is -0.640. The lowest BCUT2D eigenvalue weighted by Gasteiger charge is -2.39. The summed E-state index contributed by atoms with van der Waals surface area (Å²) < 4.78 is 11.1. The molecule has 146 valence electrons. The van der Waals surface area contributed by atoms with Gasteiger partial charge < -0.3 is 40.1 Å². The molecule has 8 nitrogen and oxygen atoms in total. The molecule has 0 bridgehead atoms. The smallest absolute Gasteiger partial charge is 0.229 e. The highest BCUT2D eigenvalue weighted by Crippen LogP contribution is 2.31. The highest BCUT2D eigenvalue weighted by molar-refractivity contribution is 5.46. The summed E-state index contributed by atoms with van der Waals surface area (Å²) in [5.74, 6) is 0.378. The van der Waals surface area contributed by atoms with E-state index in [0.29, 0.717) is 23.3 Å². The fourth-order valence-electron chi connectivity index (χ4n) is 2.62. The van der Waals surface area contributed by atoms with Crippen LogP contribution in [0.3, 0.4) is 0 Å². The quantitative estimate of drug-likeness (QED) is 0.364. The van der Waals surface area contributed by atoms with Crippen LogP contribution in [-0.4, -0.2) is 74.6 Å². The number of hydrogen-bond acceptors (Lipinski definition) is 8. The molecule has 1 heterocycles. The van der Waals surface area contributed by atoms with E-state index in [4.69, 9.17) is 14.6 Å². The van der Waals surface area contributed by atoms with Crippen LogP contribution in [0.2, 0.25) is 0 Å². The van der Waals surface area contributed by atoms with Crippen molar-refractivity contribution in [1.29, 1.82) is 0 Å². The molecule has 1 fully saturated rings. The van der Waals surface area contributed by atoms with Crippen LogP contribution in [0, 0.1) is 6.92 Å². The summed E-state index contributed by atoms with van der Waals surface area (Å²) in [6.07, 6.45) is -4.79. The summed E-state index contributed by atoms with van der Waals surface area (Å²) in [4.78, 5) is 0. The van der Waals surface area contributed by atoms with Gasteiger partial charge in [0.1, 0.15) is 35.9 Å². The Bertz CT molecular complexity index is 642. The highest BCUT2D eigenvalue weighted by atomic mass is 16.7. The van der Waals surface area contributed by atoms with Gasteiger partial charge in [-0.1, -0.05) is 11.6 Å². The molecular weight excluding hydrogens is 344 g/mol. The number of benzene rings is 1. The average Bonchev–Trinajstić information content (AvgIpc) is 2.63. The second kappa shape index (κ2) is 8.81. The molecule has 0 saturated carbocycles. The van der Waals surface area contributed by atoms with Crippen molar-refractivity contribution in [1.82, 2.24) is 0 Å². The number of allylic oxidation sites excluding steroid dienone is 1. The fourth-order valence-corrected chi connectivity index (χ4v) is 2.62. The lowest BCUT2D eigenvalue weighted by atomic mass is 9.99. The molecule has 26 heavy (non-hydrogen) atoms. The third-order valence-corrected chi connectivity index (χ3v) is 4.39. The van der Waals surface area contributed by atoms with Crippen molar-refractivity contribution in [2.24, 2.45) is 0 Å². The molecule has 0 radical (unpaired) electrons. The van der Waals surface area contributed by atoms with E-state index in [9.17, 15) is 25.5 Å². The van der Waals surface area contributed by atoms with Gasteiger partial charge in [0.15, 0.2) is 0 Å². The first-order chi connectivity index (χ1) is 12.3. The van der Waals surface area contributed by atoms with Gasteiger partial charge in [0.05, 0.1) is 13.2 Å². The molecule has 0 aliphatic carbocycles. The van der Waals surface area contributed by atoms with Gasteiger partial charge in [0.25, 0.3) is 0 Å². The van der Waals surface area contributed by atoms with Crippen LogP contribution in [0.1, 0.15) is 18.1 Å². The van der Waals surface area contributed by atoms with Crippen molar-refractivity contribution in [2.45, 2.75) is 51.0 Å². The zero-order chi connectivity index (χ0) is 19.4. The lowest BCUT2D eigenvalue weighted by molar-refractivity contribution is -0.277. The Morgan fingerprint density at radius 3 is 2.46 bits per heavy atom. The average molecular weight is 370 g/mol. The monoisotopic (exact) mass is 370 g/mol. The molecule has 0 amide bonds. The second-order valence-corrected chi connectivity index (χ2v) is 6.47. The van der Waals surface area contributed by atoms with Gasteiger partial charge >= 0.3 is 0 Å². The number of phenols is 1. The molecule has 1 aliphatic rings. The summed E-state index contributed by atoms with van der Waals surface area (Å²) in [6.45, 7) is 2.78. The molecule has 5 atom stereocenters. The molecule has 1 saturated heterocycles. The van der Waals surface area contributed by atoms with E-state index >= 15 is 0 Å². The Kier molecular flexibility index (Phi) is 6.99. The third kappa shape index (κ3) is 4.53. The van der Waals surface area contributed by atoms with Gasteiger partial charge in [-0.25, -0.2) is 0 Å². The molecule has 8 heteroatoms. The zero-order valence-electron chi connectivity index (χ0n) is 14.7. The van der Waals surface area contributed by atoms with Gasteiger partial charge in [0, 0.05) is 5.56 Å². The van der Waals surface area contributed by atoms with E-state index in [1.165, 1.54) is 6.07 Å². The van der Waals surface area contributed by atoms with Crippen molar-refractivity contribution in [3.63, 3.8) is 0 Å². The Hall–Kier alpha value is -1.68. The maximum absolute atomic E-state index is 10.1. The van der Waals surface area contributed by atoms with E-state index < -0.39 is 37.3 Å². The first kappa shape index (κ1) is 20.6. The van der Waals surface area contributed by atoms with Crippen molar-refractivity contribution >= 4 is 0 Å². The number of aromatic hydroxyl groups is 1. The second-order valence-electron chi connectivity index (χ2n) is 6.47. The van der Waals surface area contributed by atoms with Gasteiger partial charge in [-0.3, -0.25) is 0 Å². The molecule has 2 rings (SSSR count). The molecule has 1 aromatic carbocycles. The SMILES string of the molecule is C/C(=C/Cc1cc(O)c(C)cc1O[C@@H]1O[C@H](CO)[C@@H](O)[C@H](O)[C@H]1O)CO. The van der Waals surface area contributed by atoms with Crippen LogP contribution in [0.25, 0.3) is 0 Å². The summed E-state index contributed by atoms with van der Waals surface area (Å²) in [5.41, 5.74) is 1.86. The lowest BCUT2D eigenvalue weighted by Crippen LogP contribution is -2.60. The fraction of sp³-hybridized carbons (Fsp3) is 0.556. The molecule has 6 N–H and O–H groups in total. The van der Waals surface area contributed by atoms with E-state index in [2.05, 4.69) is 0 Å².